The van der Waals surface area contributed by atoms with Crippen LogP contribution < -0.4 is 5.73 Å². The Labute approximate surface area is 131 Å². The Kier molecular flexibility index (Phi) is 6.85. The highest BCUT2D eigenvalue weighted by atomic mass is 35.5. The van der Waals surface area contributed by atoms with Crippen molar-refractivity contribution >= 4 is 18.3 Å². The third-order valence-corrected chi connectivity index (χ3v) is 3.23. The Bertz CT molecular complexity index is 548. The molecule has 0 aliphatic rings. The summed E-state index contributed by atoms with van der Waals surface area (Å²) in [5.41, 5.74) is 7.81. The van der Waals surface area contributed by atoms with Gasteiger partial charge in [0.05, 0.1) is 0 Å². The third-order valence-electron chi connectivity index (χ3n) is 3.23. The summed E-state index contributed by atoms with van der Waals surface area (Å²) in [6.45, 7) is 0.608. The average Bonchev–Trinajstić information content (AvgIpc) is 2.53. The molecule has 0 saturated heterocycles. The molecule has 1 heterocycles. The van der Waals surface area contributed by atoms with Crippen molar-refractivity contribution in [1.29, 1.82) is 0 Å². The molecule has 4 nitrogen and oxygen atoms in total. The zero-order valence-electron chi connectivity index (χ0n) is 12.0. The number of nitrogens with two attached hydrogens (primary N) is 1. The summed E-state index contributed by atoms with van der Waals surface area (Å²) in [7, 11) is 1.77. The maximum absolute atomic E-state index is 12.2. The Morgan fingerprint density at radius 2 is 1.86 bits per heavy atom. The molecular weight excluding hydrogens is 286 g/mol. The Hall–Kier alpha value is -1.91. The van der Waals surface area contributed by atoms with Gasteiger partial charge in [-0.15, -0.1) is 12.4 Å². The molecule has 5 heteroatoms. The van der Waals surface area contributed by atoms with Gasteiger partial charge in [0.15, 0.2) is 0 Å². The number of hydrogen-bond acceptors (Lipinski definition) is 3. The highest BCUT2D eigenvalue weighted by molar-refractivity contribution is 5.85. The number of rotatable bonds is 5. The SMILES string of the molecule is CN(CCc1ccccn1)C(=O)C(N)c1ccccc1.Cl. The van der Waals surface area contributed by atoms with Crippen molar-refractivity contribution < 1.29 is 4.79 Å². The molecule has 2 N–H and O–H groups in total. The minimum absolute atomic E-state index is 0. The number of hydrogen-bond donors (Lipinski definition) is 1. The maximum Gasteiger partial charge on any atom is 0.243 e. The van der Waals surface area contributed by atoms with Crippen LogP contribution in [0.4, 0.5) is 0 Å². The lowest BCUT2D eigenvalue weighted by Gasteiger charge is -2.21. The molecule has 1 amide bonds. The van der Waals surface area contributed by atoms with Crippen LogP contribution in [0.5, 0.6) is 0 Å². The molecule has 0 aliphatic carbocycles. The predicted molar refractivity (Wildman–Crippen MR) is 86.2 cm³/mol. The fraction of sp³-hybridized carbons (Fsp3) is 0.250. The average molecular weight is 306 g/mol. The number of likely N-dealkylation sites (N-methyl/N-ethyl adjacent to an activating group) is 1. The lowest BCUT2D eigenvalue weighted by molar-refractivity contribution is -0.131. The first-order valence-electron chi connectivity index (χ1n) is 6.64. The quantitative estimate of drug-likeness (QED) is 0.921. The van der Waals surface area contributed by atoms with Crippen LogP contribution in [0, 0.1) is 0 Å². The molecule has 112 valence electrons. The molecule has 2 rings (SSSR count). The molecule has 1 atom stereocenters. The largest absolute Gasteiger partial charge is 0.344 e. The van der Waals surface area contributed by atoms with Gasteiger partial charge in [0, 0.05) is 31.9 Å². The van der Waals surface area contributed by atoms with Gasteiger partial charge in [-0.1, -0.05) is 36.4 Å². The van der Waals surface area contributed by atoms with E-state index in [4.69, 9.17) is 5.73 Å². The summed E-state index contributed by atoms with van der Waals surface area (Å²) in [4.78, 5) is 18.1. The normalized spacial score (nSPS) is 11.3. The van der Waals surface area contributed by atoms with Crippen LogP contribution in [0.3, 0.4) is 0 Å². The Balaban J connectivity index is 0.00000220. The third kappa shape index (κ3) is 4.85. The van der Waals surface area contributed by atoms with E-state index in [1.165, 1.54) is 0 Å². The van der Waals surface area contributed by atoms with Gasteiger partial charge in [-0.25, -0.2) is 0 Å². The second-order valence-corrected chi connectivity index (χ2v) is 4.72. The first kappa shape index (κ1) is 17.1. The number of nitrogens with zero attached hydrogens (tertiary/aromatic N) is 2. The van der Waals surface area contributed by atoms with Crippen LogP contribution in [0.2, 0.25) is 0 Å². The minimum Gasteiger partial charge on any atom is -0.344 e. The van der Waals surface area contributed by atoms with Gasteiger partial charge in [-0.05, 0) is 17.7 Å². The van der Waals surface area contributed by atoms with Crippen molar-refractivity contribution in [2.24, 2.45) is 5.73 Å². The first-order chi connectivity index (χ1) is 9.68. The van der Waals surface area contributed by atoms with E-state index in [0.29, 0.717) is 6.54 Å². The molecule has 1 aromatic carbocycles. The second-order valence-electron chi connectivity index (χ2n) is 4.72. The van der Waals surface area contributed by atoms with E-state index in [-0.39, 0.29) is 18.3 Å². The lowest BCUT2D eigenvalue weighted by atomic mass is 10.1. The van der Waals surface area contributed by atoms with Crippen LogP contribution >= 0.6 is 12.4 Å². The smallest absolute Gasteiger partial charge is 0.243 e. The van der Waals surface area contributed by atoms with E-state index < -0.39 is 6.04 Å². The zero-order chi connectivity index (χ0) is 14.4. The van der Waals surface area contributed by atoms with Gasteiger partial charge in [0.2, 0.25) is 5.91 Å². The van der Waals surface area contributed by atoms with Crippen LogP contribution in [-0.2, 0) is 11.2 Å². The van der Waals surface area contributed by atoms with Crippen molar-refractivity contribution in [2.75, 3.05) is 13.6 Å². The topological polar surface area (TPSA) is 59.2 Å². The van der Waals surface area contributed by atoms with Gasteiger partial charge in [-0.3, -0.25) is 9.78 Å². The van der Waals surface area contributed by atoms with E-state index in [1.807, 2.05) is 48.5 Å². The standard InChI is InChI=1S/C16H19N3O.ClH/c1-19(12-10-14-9-5-6-11-18-14)16(20)15(17)13-7-3-2-4-8-13;/h2-9,11,15H,10,12,17H2,1H3;1H. The van der Waals surface area contributed by atoms with E-state index in [9.17, 15) is 4.79 Å². The molecule has 0 bridgehead atoms. The minimum atomic E-state index is -0.607. The van der Waals surface area contributed by atoms with Crippen molar-refractivity contribution in [2.45, 2.75) is 12.5 Å². The monoisotopic (exact) mass is 305 g/mol. The van der Waals surface area contributed by atoms with Crippen molar-refractivity contribution in [3.05, 3.63) is 66.0 Å². The summed E-state index contributed by atoms with van der Waals surface area (Å²) < 4.78 is 0. The molecule has 2 aromatic rings. The van der Waals surface area contributed by atoms with Crippen LogP contribution in [0.1, 0.15) is 17.3 Å². The van der Waals surface area contributed by atoms with Crippen molar-refractivity contribution in [3.63, 3.8) is 0 Å². The molecule has 0 fully saturated rings. The highest BCUT2D eigenvalue weighted by Gasteiger charge is 2.19. The molecule has 0 saturated carbocycles. The summed E-state index contributed by atoms with van der Waals surface area (Å²) in [6.07, 6.45) is 2.48. The number of benzene rings is 1. The van der Waals surface area contributed by atoms with Gasteiger partial charge >= 0.3 is 0 Å². The summed E-state index contributed by atoms with van der Waals surface area (Å²) in [6, 6.07) is 14.6. The molecule has 0 spiro atoms. The summed E-state index contributed by atoms with van der Waals surface area (Å²) >= 11 is 0. The number of carbonyl (C=O) groups is 1. The van der Waals surface area contributed by atoms with Crippen molar-refractivity contribution in [1.82, 2.24) is 9.88 Å². The van der Waals surface area contributed by atoms with E-state index in [1.54, 1.807) is 18.1 Å². The molecule has 0 aliphatic heterocycles. The summed E-state index contributed by atoms with van der Waals surface area (Å²) in [5, 5.41) is 0. The van der Waals surface area contributed by atoms with Gasteiger partial charge < -0.3 is 10.6 Å². The summed E-state index contributed by atoms with van der Waals surface area (Å²) in [5.74, 6) is -0.0767. The van der Waals surface area contributed by atoms with Crippen LogP contribution in [0.25, 0.3) is 0 Å². The number of aromatic nitrogens is 1. The lowest BCUT2D eigenvalue weighted by Crippen LogP contribution is -2.37. The zero-order valence-corrected chi connectivity index (χ0v) is 12.8. The number of carbonyl (C=O) groups excluding carboxylic acids is 1. The highest BCUT2D eigenvalue weighted by Crippen LogP contribution is 2.12. The fourth-order valence-electron chi connectivity index (χ4n) is 1.98. The Morgan fingerprint density at radius 3 is 2.48 bits per heavy atom. The molecular formula is C16H20ClN3O. The predicted octanol–water partition coefficient (Wildman–Crippen LogP) is 2.20. The fourth-order valence-corrected chi connectivity index (χ4v) is 1.98. The van der Waals surface area contributed by atoms with Crippen molar-refractivity contribution in [3.8, 4) is 0 Å². The second kappa shape index (κ2) is 8.39. The maximum atomic E-state index is 12.2. The van der Waals surface area contributed by atoms with Gasteiger partial charge in [-0.2, -0.15) is 0 Å². The van der Waals surface area contributed by atoms with Gasteiger partial charge in [0.1, 0.15) is 6.04 Å². The number of amides is 1. The van der Waals surface area contributed by atoms with E-state index >= 15 is 0 Å². The van der Waals surface area contributed by atoms with E-state index in [2.05, 4.69) is 4.98 Å². The molecule has 1 aromatic heterocycles. The number of halogens is 1. The number of pyridine rings is 1. The van der Waals surface area contributed by atoms with E-state index in [0.717, 1.165) is 17.7 Å². The van der Waals surface area contributed by atoms with Gasteiger partial charge in [0.25, 0.3) is 0 Å². The van der Waals surface area contributed by atoms with Crippen LogP contribution in [-0.4, -0.2) is 29.4 Å². The molecule has 21 heavy (non-hydrogen) atoms. The first-order valence-corrected chi connectivity index (χ1v) is 6.64. The van der Waals surface area contributed by atoms with Crippen LogP contribution in [0.15, 0.2) is 54.7 Å². The molecule has 0 radical (unpaired) electrons. The Morgan fingerprint density at radius 1 is 1.19 bits per heavy atom. The molecule has 1 unspecified atom stereocenters.